The van der Waals surface area contributed by atoms with E-state index in [1.807, 2.05) is 6.92 Å². The molecule has 88 valence electrons. The Bertz CT molecular complexity index is 216. The second-order valence-electron chi connectivity index (χ2n) is 4.81. The maximum absolute atomic E-state index is 11.9. The fraction of sp³-hybridized carbons (Fsp3) is 0.909. The minimum Gasteiger partial charge on any atom is -0.355 e. The van der Waals surface area contributed by atoms with E-state index in [0.717, 1.165) is 26.1 Å². The van der Waals surface area contributed by atoms with Crippen LogP contribution < -0.4 is 11.1 Å². The molecular weight excluding hydrogens is 190 g/mol. The van der Waals surface area contributed by atoms with Gasteiger partial charge < -0.3 is 11.1 Å². The molecule has 2 unspecified atom stereocenters. The molecule has 1 fully saturated rings. The van der Waals surface area contributed by atoms with Crippen LogP contribution in [0.2, 0.25) is 0 Å². The highest BCUT2D eigenvalue weighted by Gasteiger charge is 2.30. The van der Waals surface area contributed by atoms with E-state index in [4.69, 9.17) is 5.73 Å². The summed E-state index contributed by atoms with van der Waals surface area (Å²) < 4.78 is 0. The summed E-state index contributed by atoms with van der Waals surface area (Å²) in [6, 6.07) is 0.107. The molecule has 1 amide bonds. The Morgan fingerprint density at radius 2 is 2.20 bits per heavy atom. The van der Waals surface area contributed by atoms with E-state index in [2.05, 4.69) is 24.1 Å². The molecule has 3 N–H and O–H groups in total. The third-order valence-electron chi connectivity index (χ3n) is 2.74. The largest absolute Gasteiger partial charge is 0.355 e. The van der Waals surface area contributed by atoms with E-state index in [1.54, 1.807) is 0 Å². The van der Waals surface area contributed by atoms with Crippen molar-refractivity contribution in [2.45, 2.75) is 39.3 Å². The number of amides is 1. The van der Waals surface area contributed by atoms with E-state index in [9.17, 15) is 4.79 Å². The van der Waals surface area contributed by atoms with E-state index in [-0.39, 0.29) is 18.0 Å². The molecule has 0 aliphatic carbocycles. The number of carbonyl (C=O) groups excluding carboxylic acids is 1. The Kier molecular flexibility index (Phi) is 4.54. The number of rotatable bonds is 3. The summed E-state index contributed by atoms with van der Waals surface area (Å²) in [5.74, 6) is 0.491. The van der Waals surface area contributed by atoms with E-state index >= 15 is 0 Å². The van der Waals surface area contributed by atoms with Crippen LogP contribution in [-0.4, -0.2) is 42.5 Å². The van der Waals surface area contributed by atoms with Crippen molar-refractivity contribution in [2.24, 2.45) is 11.7 Å². The summed E-state index contributed by atoms with van der Waals surface area (Å²) in [6.07, 6.45) is 1.02. The summed E-state index contributed by atoms with van der Waals surface area (Å²) in [6.45, 7) is 8.71. The van der Waals surface area contributed by atoms with Crippen LogP contribution >= 0.6 is 0 Å². The maximum Gasteiger partial charge on any atom is 0.237 e. The van der Waals surface area contributed by atoms with Gasteiger partial charge in [-0.1, -0.05) is 13.8 Å². The molecule has 4 heteroatoms. The van der Waals surface area contributed by atoms with Gasteiger partial charge in [0, 0.05) is 25.7 Å². The van der Waals surface area contributed by atoms with Crippen molar-refractivity contribution in [3.8, 4) is 0 Å². The molecule has 0 radical (unpaired) electrons. The standard InChI is InChI=1S/C11H23N3O/c1-8(2)10-11(15)13-5-4-6-14(10)7-9(3)12/h8-10H,4-7,12H2,1-3H3,(H,13,15). The minimum absolute atomic E-state index is 0.0153. The molecule has 1 aliphatic rings. The molecule has 1 saturated heterocycles. The molecule has 0 aromatic carbocycles. The predicted octanol–water partition coefficient (Wildman–Crippen LogP) is 0.180. The third kappa shape index (κ3) is 3.47. The van der Waals surface area contributed by atoms with E-state index < -0.39 is 0 Å². The Labute approximate surface area is 92.2 Å². The Morgan fingerprint density at radius 3 is 2.73 bits per heavy atom. The van der Waals surface area contributed by atoms with Crippen molar-refractivity contribution in [3.05, 3.63) is 0 Å². The maximum atomic E-state index is 11.9. The lowest BCUT2D eigenvalue weighted by atomic mass is 10.0. The van der Waals surface area contributed by atoms with Crippen molar-refractivity contribution in [2.75, 3.05) is 19.6 Å². The first-order valence-electron chi connectivity index (χ1n) is 5.79. The summed E-state index contributed by atoms with van der Waals surface area (Å²) >= 11 is 0. The van der Waals surface area contributed by atoms with Crippen LogP contribution in [0.5, 0.6) is 0 Å². The van der Waals surface area contributed by atoms with Crippen molar-refractivity contribution in [1.29, 1.82) is 0 Å². The van der Waals surface area contributed by atoms with Gasteiger partial charge in [-0.2, -0.15) is 0 Å². The van der Waals surface area contributed by atoms with Crippen LogP contribution in [0.15, 0.2) is 0 Å². The summed E-state index contributed by atoms with van der Waals surface area (Å²) in [4.78, 5) is 14.1. The van der Waals surface area contributed by atoms with Gasteiger partial charge >= 0.3 is 0 Å². The first-order chi connectivity index (χ1) is 7.02. The topological polar surface area (TPSA) is 58.4 Å². The number of carbonyl (C=O) groups is 1. The summed E-state index contributed by atoms with van der Waals surface area (Å²) in [5.41, 5.74) is 5.81. The number of nitrogens with two attached hydrogens (primary N) is 1. The van der Waals surface area contributed by atoms with Gasteiger partial charge in [0.2, 0.25) is 5.91 Å². The molecule has 2 atom stereocenters. The molecule has 15 heavy (non-hydrogen) atoms. The predicted molar refractivity (Wildman–Crippen MR) is 61.5 cm³/mol. The number of nitrogens with one attached hydrogen (secondary N) is 1. The third-order valence-corrected chi connectivity index (χ3v) is 2.74. The van der Waals surface area contributed by atoms with Crippen molar-refractivity contribution < 1.29 is 4.79 Å². The quantitative estimate of drug-likeness (QED) is 0.703. The second kappa shape index (κ2) is 5.47. The molecule has 1 aliphatic heterocycles. The Hall–Kier alpha value is -0.610. The average Bonchev–Trinajstić information content (AvgIpc) is 2.26. The van der Waals surface area contributed by atoms with Gasteiger partial charge in [0.25, 0.3) is 0 Å². The second-order valence-corrected chi connectivity index (χ2v) is 4.81. The zero-order valence-electron chi connectivity index (χ0n) is 9.99. The highest BCUT2D eigenvalue weighted by Crippen LogP contribution is 2.14. The SMILES string of the molecule is CC(N)CN1CCCNC(=O)C1C(C)C. The number of nitrogens with zero attached hydrogens (tertiary/aromatic N) is 1. The Balaban J connectivity index is 2.73. The molecule has 0 aromatic rings. The normalized spacial score (nSPS) is 26.2. The highest BCUT2D eigenvalue weighted by atomic mass is 16.2. The molecule has 0 bridgehead atoms. The smallest absolute Gasteiger partial charge is 0.237 e. The first kappa shape index (κ1) is 12.5. The zero-order valence-corrected chi connectivity index (χ0v) is 9.99. The molecule has 0 spiro atoms. The molecular formula is C11H23N3O. The molecule has 1 rings (SSSR count). The molecule has 0 aromatic heterocycles. The van der Waals surface area contributed by atoms with Crippen LogP contribution in [0.4, 0.5) is 0 Å². The van der Waals surface area contributed by atoms with Gasteiger partial charge in [0.1, 0.15) is 0 Å². The zero-order chi connectivity index (χ0) is 11.4. The number of hydrogen-bond acceptors (Lipinski definition) is 3. The Morgan fingerprint density at radius 1 is 1.53 bits per heavy atom. The van der Waals surface area contributed by atoms with Crippen LogP contribution in [0, 0.1) is 5.92 Å². The molecule has 0 saturated carbocycles. The van der Waals surface area contributed by atoms with E-state index in [0.29, 0.717) is 5.92 Å². The molecule has 4 nitrogen and oxygen atoms in total. The average molecular weight is 213 g/mol. The summed E-state index contributed by atoms with van der Waals surface area (Å²) in [5, 5.41) is 2.96. The first-order valence-corrected chi connectivity index (χ1v) is 5.79. The monoisotopic (exact) mass is 213 g/mol. The van der Waals surface area contributed by atoms with E-state index in [1.165, 1.54) is 0 Å². The van der Waals surface area contributed by atoms with Gasteiger partial charge in [-0.05, 0) is 19.3 Å². The van der Waals surface area contributed by atoms with Gasteiger partial charge in [-0.25, -0.2) is 0 Å². The van der Waals surface area contributed by atoms with Crippen molar-refractivity contribution in [1.82, 2.24) is 10.2 Å². The van der Waals surface area contributed by atoms with Gasteiger partial charge in [0.05, 0.1) is 6.04 Å². The van der Waals surface area contributed by atoms with Crippen LogP contribution in [0.3, 0.4) is 0 Å². The highest BCUT2D eigenvalue weighted by molar-refractivity contribution is 5.82. The summed E-state index contributed by atoms with van der Waals surface area (Å²) in [7, 11) is 0. The molecule has 1 heterocycles. The number of hydrogen-bond donors (Lipinski definition) is 2. The fourth-order valence-electron chi connectivity index (χ4n) is 2.20. The lowest BCUT2D eigenvalue weighted by molar-refractivity contribution is -0.127. The van der Waals surface area contributed by atoms with Gasteiger partial charge in [0.15, 0.2) is 0 Å². The van der Waals surface area contributed by atoms with Crippen molar-refractivity contribution in [3.63, 3.8) is 0 Å². The van der Waals surface area contributed by atoms with Gasteiger partial charge in [-0.3, -0.25) is 9.69 Å². The van der Waals surface area contributed by atoms with Crippen LogP contribution in [0.25, 0.3) is 0 Å². The van der Waals surface area contributed by atoms with Crippen molar-refractivity contribution >= 4 is 5.91 Å². The lowest BCUT2D eigenvalue weighted by Gasteiger charge is -2.32. The fourth-order valence-corrected chi connectivity index (χ4v) is 2.20. The lowest BCUT2D eigenvalue weighted by Crippen LogP contribution is -2.50. The van der Waals surface area contributed by atoms with Gasteiger partial charge in [-0.15, -0.1) is 0 Å². The van der Waals surface area contributed by atoms with Crippen LogP contribution in [0.1, 0.15) is 27.2 Å². The minimum atomic E-state index is -0.0153. The van der Waals surface area contributed by atoms with Crippen LogP contribution in [-0.2, 0) is 4.79 Å².